The Hall–Kier alpha value is -2.16. The average Bonchev–Trinajstić information content (AvgIpc) is 2.61. The molecule has 2 rings (SSSR count). The Morgan fingerprint density at radius 3 is 2.71 bits per heavy atom. The molecule has 4 nitrogen and oxygen atoms in total. The largest absolute Gasteiger partial charge is 0.484 e. The summed E-state index contributed by atoms with van der Waals surface area (Å²) in [6.45, 7) is 0.533. The molecule has 0 saturated carbocycles. The van der Waals surface area contributed by atoms with Gasteiger partial charge in [0.1, 0.15) is 5.75 Å². The molecule has 1 N–H and O–H groups in total. The van der Waals surface area contributed by atoms with Crippen LogP contribution in [0.15, 0.2) is 48.5 Å². The summed E-state index contributed by atoms with van der Waals surface area (Å²) in [5.41, 5.74) is 1.72. The van der Waals surface area contributed by atoms with E-state index in [1.165, 1.54) is 0 Å². The van der Waals surface area contributed by atoms with Crippen LogP contribution in [0.1, 0.15) is 11.1 Å². The van der Waals surface area contributed by atoms with Crippen LogP contribution in [-0.2, 0) is 10.5 Å². The Morgan fingerprint density at radius 1 is 1.21 bits per heavy atom. The minimum Gasteiger partial charge on any atom is -0.484 e. The van der Waals surface area contributed by atoms with Crippen molar-refractivity contribution in [3.05, 3.63) is 64.7 Å². The predicted octanol–water partition coefficient (Wildman–Crippen LogP) is 3.64. The van der Waals surface area contributed by atoms with E-state index in [0.717, 1.165) is 17.1 Å². The second-order valence-corrected chi connectivity index (χ2v) is 6.46. The van der Waals surface area contributed by atoms with Crippen LogP contribution in [-0.4, -0.2) is 24.8 Å². The molecule has 2 aromatic carbocycles. The van der Waals surface area contributed by atoms with E-state index in [0.29, 0.717) is 22.9 Å². The Kier molecular flexibility index (Phi) is 7.47. The van der Waals surface area contributed by atoms with Gasteiger partial charge in [-0.05, 0) is 35.9 Å². The molecule has 124 valence electrons. The Balaban J connectivity index is 1.61. The van der Waals surface area contributed by atoms with Crippen molar-refractivity contribution in [2.24, 2.45) is 0 Å². The molecule has 0 saturated heterocycles. The first-order valence-electron chi connectivity index (χ1n) is 7.40. The summed E-state index contributed by atoms with van der Waals surface area (Å²) in [4.78, 5) is 11.7. The first kappa shape index (κ1) is 18.2. The Morgan fingerprint density at radius 2 is 1.96 bits per heavy atom. The first-order valence-corrected chi connectivity index (χ1v) is 8.93. The van der Waals surface area contributed by atoms with Gasteiger partial charge in [-0.1, -0.05) is 29.8 Å². The summed E-state index contributed by atoms with van der Waals surface area (Å²) in [5, 5.41) is 12.5. The van der Waals surface area contributed by atoms with Gasteiger partial charge in [-0.2, -0.15) is 17.0 Å². The van der Waals surface area contributed by atoms with E-state index in [9.17, 15) is 4.79 Å². The lowest BCUT2D eigenvalue weighted by molar-refractivity contribution is -0.122. The summed E-state index contributed by atoms with van der Waals surface area (Å²) in [5.74, 6) is 1.97. The number of nitriles is 1. The van der Waals surface area contributed by atoms with Gasteiger partial charge in [0.15, 0.2) is 6.61 Å². The fourth-order valence-corrected chi connectivity index (χ4v) is 2.92. The van der Waals surface area contributed by atoms with Gasteiger partial charge in [0, 0.05) is 23.1 Å². The fourth-order valence-electron chi connectivity index (χ4n) is 1.93. The van der Waals surface area contributed by atoms with Crippen LogP contribution < -0.4 is 10.1 Å². The van der Waals surface area contributed by atoms with E-state index >= 15 is 0 Å². The van der Waals surface area contributed by atoms with E-state index in [1.54, 1.807) is 36.0 Å². The fraction of sp³-hybridized carbons (Fsp3) is 0.222. The second-order valence-electron chi connectivity index (χ2n) is 4.91. The molecule has 0 fully saturated rings. The van der Waals surface area contributed by atoms with Gasteiger partial charge in [-0.25, -0.2) is 0 Å². The third-order valence-electron chi connectivity index (χ3n) is 3.15. The van der Waals surface area contributed by atoms with Crippen molar-refractivity contribution >= 4 is 29.3 Å². The quantitative estimate of drug-likeness (QED) is 0.730. The standard InChI is InChI=1S/C18H17ClN2O2S/c19-16-5-7-17(8-6-16)23-12-18(22)21-9-10-24-13-15-4-2-1-3-14(15)11-20/h1-8H,9-10,12-13H2,(H,21,22). The number of hydrogen-bond acceptors (Lipinski definition) is 4. The minimum absolute atomic E-state index is 0.0242. The third kappa shape index (κ3) is 6.15. The maximum Gasteiger partial charge on any atom is 0.257 e. The molecule has 0 spiro atoms. The summed E-state index contributed by atoms with van der Waals surface area (Å²) < 4.78 is 5.37. The molecular weight excluding hydrogens is 344 g/mol. The van der Waals surface area contributed by atoms with Crippen LogP contribution in [0.5, 0.6) is 5.75 Å². The molecule has 0 heterocycles. The van der Waals surface area contributed by atoms with E-state index in [2.05, 4.69) is 11.4 Å². The lowest BCUT2D eigenvalue weighted by Gasteiger charge is -2.08. The molecular formula is C18H17ClN2O2S. The van der Waals surface area contributed by atoms with Crippen LogP contribution >= 0.6 is 23.4 Å². The summed E-state index contributed by atoms with van der Waals surface area (Å²) in [6, 6.07) is 16.6. The molecule has 0 radical (unpaired) electrons. The zero-order valence-corrected chi connectivity index (χ0v) is 14.6. The normalized spacial score (nSPS) is 10.0. The van der Waals surface area contributed by atoms with Gasteiger partial charge in [0.05, 0.1) is 11.6 Å². The van der Waals surface area contributed by atoms with Gasteiger partial charge < -0.3 is 10.1 Å². The number of nitrogens with zero attached hydrogens (tertiary/aromatic N) is 1. The number of nitrogens with one attached hydrogen (secondary N) is 1. The van der Waals surface area contributed by atoms with Crippen molar-refractivity contribution < 1.29 is 9.53 Å². The number of hydrogen-bond donors (Lipinski definition) is 1. The molecule has 0 aliphatic heterocycles. The van der Waals surface area contributed by atoms with Gasteiger partial charge in [-0.15, -0.1) is 0 Å². The molecule has 2 aromatic rings. The lowest BCUT2D eigenvalue weighted by atomic mass is 10.1. The number of amides is 1. The highest BCUT2D eigenvalue weighted by molar-refractivity contribution is 7.98. The average molecular weight is 361 g/mol. The second kappa shape index (κ2) is 9.86. The molecule has 0 aromatic heterocycles. The zero-order chi connectivity index (χ0) is 17.2. The van der Waals surface area contributed by atoms with Crippen LogP contribution in [0.25, 0.3) is 0 Å². The van der Waals surface area contributed by atoms with Crippen molar-refractivity contribution in [3.63, 3.8) is 0 Å². The van der Waals surface area contributed by atoms with Crippen molar-refractivity contribution in [2.45, 2.75) is 5.75 Å². The number of halogens is 1. The van der Waals surface area contributed by atoms with Crippen LogP contribution in [0.3, 0.4) is 0 Å². The predicted molar refractivity (Wildman–Crippen MR) is 97.3 cm³/mol. The minimum atomic E-state index is -0.164. The van der Waals surface area contributed by atoms with Gasteiger partial charge in [0.25, 0.3) is 5.91 Å². The molecule has 1 amide bonds. The molecule has 24 heavy (non-hydrogen) atoms. The molecule has 0 atom stereocenters. The van der Waals surface area contributed by atoms with E-state index in [1.807, 2.05) is 24.3 Å². The van der Waals surface area contributed by atoms with Gasteiger partial charge in [0.2, 0.25) is 0 Å². The highest BCUT2D eigenvalue weighted by Crippen LogP contribution is 2.16. The first-order chi connectivity index (χ1) is 11.7. The Labute approximate surface area is 150 Å². The van der Waals surface area contributed by atoms with Gasteiger partial charge in [-0.3, -0.25) is 4.79 Å². The van der Waals surface area contributed by atoms with E-state index in [-0.39, 0.29) is 12.5 Å². The van der Waals surface area contributed by atoms with Crippen LogP contribution in [0.2, 0.25) is 5.02 Å². The van der Waals surface area contributed by atoms with Crippen LogP contribution in [0.4, 0.5) is 0 Å². The Bertz CT molecular complexity index is 714. The van der Waals surface area contributed by atoms with Crippen molar-refractivity contribution in [3.8, 4) is 11.8 Å². The van der Waals surface area contributed by atoms with Gasteiger partial charge >= 0.3 is 0 Å². The summed E-state index contributed by atoms with van der Waals surface area (Å²) in [6.07, 6.45) is 0. The molecule has 0 unspecified atom stereocenters. The van der Waals surface area contributed by atoms with Crippen LogP contribution in [0, 0.1) is 11.3 Å². The smallest absolute Gasteiger partial charge is 0.257 e. The highest BCUT2D eigenvalue weighted by atomic mass is 35.5. The maximum absolute atomic E-state index is 11.7. The molecule has 0 aliphatic rings. The summed E-state index contributed by atoms with van der Waals surface area (Å²) in [7, 11) is 0. The molecule has 0 bridgehead atoms. The molecule has 0 aliphatic carbocycles. The van der Waals surface area contributed by atoms with Crippen molar-refractivity contribution in [1.82, 2.24) is 5.32 Å². The summed E-state index contributed by atoms with van der Waals surface area (Å²) >= 11 is 7.45. The lowest BCUT2D eigenvalue weighted by Crippen LogP contribution is -2.30. The highest BCUT2D eigenvalue weighted by Gasteiger charge is 2.03. The number of benzene rings is 2. The number of carbonyl (C=O) groups excluding carboxylic acids is 1. The number of ether oxygens (including phenoxy) is 1. The SMILES string of the molecule is N#Cc1ccccc1CSCCNC(=O)COc1ccc(Cl)cc1. The monoisotopic (exact) mass is 360 g/mol. The number of carbonyl (C=O) groups is 1. The maximum atomic E-state index is 11.7. The van der Waals surface area contributed by atoms with Crippen molar-refractivity contribution in [1.29, 1.82) is 5.26 Å². The zero-order valence-electron chi connectivity index (χ0n) is 13.0. The van der Waals surface area contributed by atoms with E-state index < -0.39 is 0 Å². The molecule has 6 heteroatoms. The topological polar surface area (TPSA) is 62.1 Å². The number of thioether (sulfide) groups is 1. The third-order valence-corrected chi connectivity index (χ3v) is 4.41. The van der Waals surface area contributed by atoms with E-state index in [4.69, 9.17) is 21.6 Å². The number of rotatable bonds is 8. The van der Waals surface area contributed by atoms with Crippen molar-refractivity contribution in [2.75, 3.05) is 18.9 Å².